The third-order valence-electron chi connectivity index (χ3n) is 15.7. The number of halogens is 2. The lowest BCUT2D eigenvalue weighted by Crippen LogP contribution is -2.54. The lowest BCUT2D eigenvalue weighted by Gasteiger charge is -2.46. The lowest BCUT2D eigenvalue weighted by atomic mass is 9.94. The average Bonchev–Trinajstić information content (AvgIpc) is 4.07. The van der Waals surface area contributed by atoms with Crippen molar-refractivity contribution in [3.05, 3.63) is 77.3 Å². The van der Waals surface area contributed by atoms with Crippen LogP contribution in [0.15, 0.2) is 60.9 Å². The Morgan fingerprint density at radius 2 is 1.62 bits per heavy atom. The van der Waals surface area contributed by atoms with Crippen LogP contribution in [0.2, 0.25) is 5.02 Å². The van der Waals surface area contributed by atoms with E-state index in [1.165, 1.54) is 5.56 Å². The van der Waals surface area contributed by atoms with Crippen molar-refractivity contribution in [1.29, 1.82) is 0 Å². The van der Waals surface area contributed by atoms with Crippen molar-refractivity contribution in [1.82, 2.24) is 30.0 Å². The van der Waals surface area contributed by atoms with Gasteiger partial charge in [-0.25, -0.2) is 14.2 Å². The molecule has 1 saturated carbocycles. The van der Waals surface area contributed by atoms with E-state index in [1.807, 2.05) is 18.2 Å². The number of nitrogen functional groups attached to an aromatic ring is 1. The number of piperazine rings is 1. The van der Waals surface area contributed by atoms with Gasteiger partial charge in [-0.05, 0) is 98.4 Å². The molecule has 12 rings (SSSR count). The molecule has 16 nitrogen and oxygen atoms in total. The number of imide groups is 1. The zero-order valence-corrected chi connectivity index (χ0v) is 38.8. The molecule has 3 aromatic heterocycles. The van der Waals surface area contributed by atoms with Gasteiger partial charge in [0.25, 0.3) is 0 Å². The zero-order chi connectivity index (χ0) is 46.3. The summed E-state index contributed by atoms with van der Waals surface area (Å²) in [5, 5.41) is 22.9. The van der Waals surface area contributed by atoms with Crippen molar-refractivity contribution in [2.45, 2.75) is 87.6 Å². The van der Waals surface area contributed by atoms with Crippen LogP contribution in [0.4, 0.5) is 37.8 Å². The van der Waals surface area contributed by atoms with Crippen LogP contribution < -0.4 is 30.7 Å². The third-order valence-corrected chi connectivity index (χ3v) is 16.0. The van der Waals surface area contributed by atoms with Crippen LogP contribution in [0.25, 0.3) is 22.3 Å². The van der Waals surface area contributed by atoms with Gasteiger partial charge in [-0.3, -0.25) is 15.0 Å². The van der Waals surface area contributed by atoms with E-state index in [-0.39, 0.29) is 47.0 Å². The number of phenolic OH excluding ortho intramolecular Hbond substituents is 1. The standard InChI is InChI=1S/C50H57ClFN11O5/c51-40-3-1-2-37(46(40)65)42-22-44(47(53)57-56-42)60-25-33-6-7-34(26-60)63(33)32-8-9-41(52)43(21-32)59-15-10-30(11-16-59)24-58-18-13-50(14-19-58)67-28-36(29-68-50)62-27-39(31-4-5-31)38-20-35(23-54-48(38)62)61-17-12-45(64)55-49(61)66/h1-3,8-9,20-23,27,30-31,33-34,36,65H,4-7,10-19,24-26,28-29H2,(H2,53,57)(H,55,64,66). The minimum Gasteiger partial charge on any atom is -0.506 e. The number of hydrogen-bond acceptors (Lipinski definition) is 13. The number of phenols is 1. The number of anilines is 5. The van der Waals surface area contributed by atoms with Gasteiger partial charge in [0, 0.05) is 107 Å². The summed E-state index contributed by atoms with van der Waals surface area (Å²) < 4.78 is 31.1. The summed E-state index contributed by atoms with van der Waals surface area (Å²) in [6, 6.07) is 14.8. The zero-order valence-electron chi connectivity index (χ0n) is 38.0. The molecular weight excluding hydrogens is 889 g/mol. The maximum absolute atomic E-state index is 15.7. The fourth-order valence-electron chi connectivity index (χ4n) is 11.9. The molecule has 356 valence electrons. The number of aromatic nitrogens is 4. The highest BCUT2D eigenvalue weighted by molar-refractivity contribution is 6.32. The summed E-state index contributed by atoms with van der Waals surface area (Å²) in [4.78, 5) is 40.4. The number of carbonyl (C=O) groups excluding carboxylic acids is 2. The van der Waals surface area contributed by atoms with Gasteiger partial charge in [-0.15, -0.1) is 10.2 Å². The second-order valence-corrected chi connectivity index (χ2v) is 20.4. The molecule has 1 aliphatic carbocycles. The normalized spacial score (nSPS) is 23.9. The highest BCUT2D eigenvalue weighted by Gasteiger charge is 2.44. The molecule has 4 N–H and O–H groups in total. The van der Waals surface area contributed by atoms with Crippen molar-refractivity contribution >= 4 is 63.1 Å². The third kappa shape index (κ3) is 8.03. The number of nitrogens with two attached hydrogens (primary N) is 1. The summed E-state index contributed by atoms with van der Waals surface area (Å²) in [5.41, 5.74) is 12.8. The van der Waals surface area contributed by atoms with Gasteiger partial charge in [-0.2, -0.15) is 0 Å². The number of fused-ring (bicyclic) bond motifs is 3. The maximum Gasteiger partial charge on any atom is 0.328 e. The molecular formula is C50H57ClFN11O5. The number of hydrogen-bond donors (Lipinski definition) is 3. The number of pyridine rings is 1. The molecule has 6 aliphatic heterocycles. The smallest absolute Gasteiger partial charge is 0.328 e. The van der Waals surface area contributed by atoms with E-state index in [1.54, 1.807) is 35.4 Å². The number of benzene rings is 2. The topological polar surface area (TPSA) is 171 Å². The Morgan fingerprint density at radius 1 is 0.853 bits per heavy atom. The first kappa shape index (κ1) is 43.5. The Bertz CT molecular complexity index is 2750. The molecule has 9 heterocycles. The molecule has 2 bridgehead atoms. The summed E-state index contributed by atoms with van der Waals surface area (Å²) in [6.07, 6.45) is 12.2. The molecule has 5 aromatic rings. The molecule has 2 aromatic carbocycles. The number of para-hydroxylation sites is 1. The predicted molar refractivity (Wildman–Crippen MR) is 258 cm³/mol. The van der Waals surface area contributed by atoms with Gasteiger partial charge >= 0.3 is 6.03 Å². The van der Waals surface area contributed by atoms with Crippen LogP contribution in [0.3, 0.4) is 0 Å². The van der Waals surface area contributed by atoms with E-state index >= 15 is 4.39 Å². The first-order valence-electron chi connectivity index (χ1n) is 24.4. The van der Waals surface area contributed by atoms with E-state index in [2.05, 4.69) is 51.9 Å². The number of urea groups is 1. The van der Waals surface area contributed by atoms with Crippen LogP contribution in [0, 0.1) is 11.7 Å². The quantitative estimate of drug-likeness (QED) is 0.138. The van der Waals surface area contributed by atoms with Crippen LogP contribution in [0.1, 0.15) is 75.3 Å². The first-order chi connectivity index (χ1) is 33.1. The monoisotopic (exact) mass is 945 g/mol. The molecule has 18 heteroatoms. The van der Waals surface area contributed by atoms with E-state index < -0.39 is 11.8 Å². The van der Waals surface area contributed by atoms with Crippen molar-refractivity contribution in [3.63, 3.8) is 0 Å². The summed E-state index contributed by atoms with van der Waals surface area (Å²) in [6.45, 7) is 7.37. The highest BCUT2D eigenvalue weighted by Crippen LogP contribution is 2.46. The van der Waals surface area contributed by atoms with Gasteiger partial charge in [0.15, 0.2) is 11.6 Å². The van der Waals surface area contributed by atoms with Crippen molar-refractivity contribution in [2.24, 2.45) is 5.92 Å². The van der Waals surface area contributed by atoms with Crippen LogP contribution in [-0.4, -0.2) is 125 Å². The largest absolute Gasteiger partial charge is 0.506 e. The SMILES string of the molecule is Nc1nnc(-c2cccc(Cl)c2O)cc1N1CC2CCC(C1)N2c1ccc(F)c(N2CCC(CN3CCC4(CC3)OCC(n3cc(C5CC5)c5cc(N6CCC(=O)NC6=O)cnc53)CO4)CC2)c1. The molecule has 6 saturated heterocycles. The molecule has 3 amide bonds. The molecule has 0 radical (unpaired) electrons. The van der Waals surface area contributed by atoms with Crippen molar-refractivity contribution in [3.8, 4) is 17.0 Å². The Hall–Kier alpha value is -5.75. The number of piperidine rings is 2. The molecule has 1 spiro atoms. The first-order valence-corrected chi connectivity index (χ1v) is 24.7. The Balaban J connectivity index is 0.638. The lowest BCUT2D eigenvalue weighted by molar-refractivity contribution is -0.295. The minimum atomic E-state index is -0.581. The molecule has 68 heavy (non-hydrogen) atoms. The van der Waals surface area contributed by atoms with Gasteiger partial charge in [-0.1, -0.05) is 17.7 Å². The van der Waals surface area contributed by atoms with Crippen LogP contribution >= 0.6 is 11.6 Å². The van der Waals surface area contributed by atoms with Gasteiger partial charge < -0.3 is 44.5 Å². The molecule has 2 unspecified atom stereocenters. The maximum atomic E-state index is 15.7. The molecule has 2 atom stereocenters. The van der Waals surface area contributed by atoms with Crippen LogP contribution in [-0.2, 0) is 14.3 Å². The fourth-order valence-corrected chi connectivity index (χ4v) is 12.0. The summed E-state index contributed by atoms with van der Waals surface area (Å²) in [5.74, 6) is 0.315. The number of rotatable bonds is 9. The van der Waals surface area contributed by atoms with Gasteiger partial charge in [0.1, 0.15) is 17.2 Å². The predicted octanol–water partition coefficient (Wildman–Crippen LogP) is 7.05. The number of likely N-dealkylation sites (tertiary alicyclic amines) is 1. The minimum absolute atomic E-state index is 0.0119. The van der Waals surface area contributed by atoms with Crippen molar-refractivity contribution in [2.75, 3.05) is 90.9 Å². The van der Waals surface area contributed by atoms with Gasteiger partial charge in [0.05, 0.1) is 53.2 Å². The number of aromatic hydroxyl groups is 1. The number of ether oxygens (including phenoxy) is 2. The van der Waals surface area contributed by atoms with Crippen LogP contribution in [0.5, 0.6) is 5.75 Å². The van der Waals surface area contributed by atoms with Crippen molar-refractivity contribution < 1.29 is 28.6 Å². The van der Waals surface area contributed by atoms with E-state index in [4.69, 9.17) is 31.8 Å². The van der Waals surface area contributed by atoms with E-state index in [0.29, 0.717) is 60.0 Å². The summed E-state index contributed by atoms with van der Waals surface area (Å²) >= 11 is 6.20. The second kappa shape index (κ2) is 17.3. The second-order valence-electron chi connectivity index (χ2n) is 20.0. The Kier molecular flexibility index (Phi) is 11.1. The van der Waals surface area contributed by atoms with E-state index in [0.717, 1.165) is 120 Å². The Labute approximate surface area is 399 Å². The van der Waals surface area contributed by atoms with E-state index in [9.17, 15) is 14.7 Å². The molecule has 7 aliphatic rings. The molecule has 7 fully saturated rings. The fraction of sp³-hybridized carbons (Fsp3) is 0.500. The number of amides is 3. The summed E-state index contributed by atoms with van der Waals surface area (Å²) in [7, 11) is 0. The number of nitrogens with one attached hydrogen (secondary N) is 1. The Morgan fingerprint density at radius 3 is 2.35 bits per heavy atom. The number of nitrogens with zero attached hydrogens (tertiary/aromatic N) is 9. The van der Waals surface area contributed by atoms with Gasteiger partial charge in [0.2, 0.25) is 5.91 Å². The number of carbonyl (C=O) groups is 2. The average molecular weight is 947 g/mol. The highest BCUT2D eigenvalue weighted by atomic mass is 35.5.